The number of piperidine rings is 1. The summed E-state index contributed by atoms with van der Waals surface area (Å²) in [4.78, 5) is 2.45. The Morgan fingerprint density at radius 1 is 1.62 bits per heavy atom. The van der Waals surface area contributed by atoms with Gasteiger partial charge in [-0.25, -0.2) is 0 Å². The smallest absolute Gasteiger partial charge is 0.0663 e. The van der Waals surface area contributed by atoms with Crippen LogP contribution in [0.3, 0.4) is 0 Å². The predicted octanol–water partition coefficient (Wildman–Crippen LogP) is 1.35. The van der Waals surface area contributed by atoms with Crippen LogP contribution in [0.15, 0.2) is 10.7 Å². The molecule has 2 rings (SSSR count). The SMILES string of the molecule is CC1CN(Cc2c(Br)cnn2C)CCC1N. The number of hydrogen-bond acceptors (Lipinski definition) is 3. The second-order valence-corrected chi connectivity index (χ2v) is 5.58. The van der Waals surface area contributed by atoms with Crippen LogP contribution in [-0.4, -0.2) is 33.8 Å². The number of aryl methyl sites for hydroxylation is 1. The molecule has 2 N–H and O–H groups in total. The van der Waals surface area contributed by atoms with E-state index in [9.17, 15) is 0 Å². The molecule has 0 aliphatic carbocycles. The molecule has 4 nitrogen and oxygen atoms in total. The Morgan fingerprint density at radius 2 is 2.38 bits per heavy atom. The van der Waals surface area contributed by atoms with E-state index in [-0.39, 0.29) is 0 Å². The molecule has 0 bridgehead atoms. The number of nitrogens with zero attached hydrogens (tertiary/aromatic N) is 3. The van der Waals surface area contributed by atoms with Gasteiger partial charge in [0.25, 0.3) is 0 Å². The molecule has 0 radical (unpaired) electrons. The summed E-state index contributed by atoms with van der Waals surface area (Å²) in [6, 6.07) is 0.367. The van der Waals surface area contributed by atoms with Gasteiger partial charge < -0.3 is 5.73 Å². The molecule has 1 aliphatic rings. The van der Waals surface area contributed by atoms with Crippen molar-refractivity contribution >= 4 is 15.9 Å². The van der Waals surface area contributed by atoms with E-state index < -0.39 is 0 Å². The largest absolute Gasteiger partial charge is 0.327 e. The predicted molar refractivity (Wildman–Crippen MR) is 67.9 cm³/mol. The van der Waals surface area contributed by atoms with E-state index in [0.29, 0.717) is 12.0 Å². The third-order valence-electron chi connectivity index (χ3n) is 3.44. The summed E-state index contributed by atoms with van der Waals surface area (Å²) >= 11 is 3.54. The van der Waals surface area contributed by atoms with Crippen LogP contribution in [0.1, 0.15) is 19.0 Å². The molecule has 1 aliphatic heterocycles. The Kier molecular flexibility index (Phi) is 3.66. The van der Waals surface area contributed by atoms with Gasteiger partial charge in [0.05, 0.1) is 16.4 Å². The lowest BCUT2D eigenvalue weighted by Gasteiger charge is -2.35. The van der Waals surface area contributed by atoms with Crippen molar-refractivity contribution in [2.75, 3.05) is 13.1 Å². The molecule has 0 aromatic carbocycles. The second kappa shape index (κ2) is 4.85. The quantitative estimate of drug-likeness (QED) is 0.893. The van der Waals surface area contributed by atoms with E-state index in [2.05, 4.69) is 32.9 Å². The molecular weight excluding hydrogens is 268 g/mol. The third kappa shape index (κ3) is 2.47. The molecule has 90 valence electrons. The molecule has 16 heavy (non-hydrogen) atoms. The van der Waals surface area contributed by atoms with Crippen LogP contribution < -0.4 is 5.73 Å². The fourth-order valence-electron chi connectivity index (χ4n) is 2.22. The molecule has 1 saturated heterocycles. The van der Waals surface area contributed by atoms with E-state index in [1.54, 1.807) is 0 Å². The molecule has 1 aromatic heterocycles. The van der Waals surface area contributed by atoms with Crippen molar-refractivity contribution in [3.8, 4) is 0 Å². The van der Waals surface area contributed by atoms with Crippen molar-refractivity contribution in [3.05, 3.63) is 16.4 Å². The molecule has 2 atom stereocenters. The zero-order valence-corrected chi connectivity index (χ0v) is 11.4. The fourth-order valence-corrected chi connectivity index (χ4v) is 2.69. The Bertz CT molecular complexity index is 343. The standard InChI is InChI=1S/C11H19BrN4/c1-8-6-16(4-3-10(8)13)7-11-9(12)5-14-15(11)2/h5,8,10H,3-4,6-7,13H2,1-2H3. The number of halogens is 1. The summed E-state index contributed by atoms with van der Waals surface area (Å²) in [7, 11) is 1.99. The van der Waals surface area contributed by atoms with Crippen LogP contribution in [-0.2, 0) is 13.6 Å². The molecular formula is C11H19BrN4. The van der Waals surface area contributed by atoms with Crippen molar-refractivity contribution in [2.24, 2.45) is 18.7 Å². The highest BCUT2D eigenvalue weighted by molar-refractivity contribution is 9.10. The number of likely N-dealkylation sites (tertiary alicyclic amines) is 1. The molecule has 2 heterocycles. The Labute approximate surface area is 105 Å². The summed E-state index contributed by atoms with van der Waals surface area (Å²) in [6.07, 6.45) is 2.95. The van der Waals surface area contributed by atoms with Gasteiger partial charge in [-0.15, -0.1) is 0 Å². The number of rotatable bonds is 2. The monoisotopic (exact) mass is 286 g/mol. The normalized spacial score (nSPS) is 27.2. The number of hydrogen-bond donors (Lipinski definition) is 1. The van der Waals surface area contributed by atoms with Crippen molar-refractivity contribution in [2.45, 2.75) is 25.9 Å². The molecule has 1 fully saturated rings. The third-order valence-corrected chi connectivity index (χ3v) is 4.10. The summed E-state index contributed by atoms with van der Waals surface area (Å²) in [5.41, 5.74) is 7.26. The minimum atomic E-state index is 0.367. The van der Waals surface area contributed by atoms with Gasteiger partial charge in [-0.3, -0.25) is 9.58 Å². The van der Waals surface area contributed by atoms with Gasteiger partial charge in [0, 0.05) is 32.7 Å². The average molecular weight is 287 g/mol. The van der Waals surface area contributed by atoms with Gasteiger partial charge in [-0.05, 0) is 28.3 Å². The van der Waals surface area contributed by atoms with Crippen LogP contribution in [0, 0.1) is 5.92 Å². The van der Waals surface area contributed by atoms with Gasteiger partial charge in [-0.2, -0.15) is 5.10 Å². The zero-order valence-electron chi connectivity index (χ0n) is 9.86. The van der Waals surface area contributed by atoms with Gasteiger partial charge in [0.15, 0.2) is 0 Å². The topological polar surface area (TPSA) is 47.1 Å². The summed E-state index contributed by atoms with van der Waals surface area (Å²) in [6.45, 7) is 5.35. The first-order valence-electron chi connectivity index (χ1n) is 5.72. The van der Waals surface area contributed by atoms with Crippen molar-refractivity contribution < 1.29 is 0 Å². The lowest BCUT2D eigenvalue weighted by molar-refractivity contribution is 0.154. The molecule has 1 aromatic rings. The first-order valence-corrected chi connectivity index (χ1v) is 6.51. The molecule has 2 unspecified atom stereocenters. The van der Waals surface area contributed by atoms with Crippen LogP contribution in [0.5, 0.6) is 0 Å². The summed E-state index contributed by atoms with van der Waals surface area (Å²) < 4.78 is 3.03. The minimum Gasteiger partial charge on any atom is -0.327 e. The first kappa shape index (κ1) is 12.1. The van der Waals surface area contributed by atoms with E-state index in [1.165, 1.54) is 5.69 Å². The zero-order chi connectivity index (χ0) is 11.7. The van der Waals surface area contributed by atoms with Crippen LogP contribution in [0.25, 0.3) is 0 Å². The van der Waals surface area contributed by atoms with E-state index >= 15 is 0 Å². The highest BCUT2D eigenvalue weighted by atomic mass is 79.9. The molecule has 0 saturated carbocycles. The highest BCUT2D eigenvalue weighted by Crippen LogP contribution is 2.21. The number of nitrogens with two attached hydrogens (primary N) is 1. The summed E-state index contributed by atoms with van der Waals surface area (Å²) in [5, 5.41) is 4.23. The Morgan fingerprint density at radius 3 is 2.94 bits per heavy atom. The van der Waals surface area contributed by atoms with Gasteiger partial charge in [0.2, 0.25) is 0 Å². The van der Waals surface area contributed by atoms with Crippen molar-refractivity contribution in [1.29, 1.82) is 0 Å². The van der Waals surface area contributed by atoms with Gasteiger partial charge >= 0.3 is 0 Å². The lowest BCUT2D eigenvalue weighted by Crippen LogP contribution is -2.45. The minimum absolute atomic E-state index is 0.367. The maximum atomic E-state index is 6.02. The van der Waals surface area contributed by atoms with Crippen LogP contribution in [0.4, 0.5) is 0 Å². The Balaban J connectivity index is 2.00. The Hall–Kier alpha value is -0.390. The van der Waals surface area contributed by atoms with E-state index in [4.69, 9.17) is 5.73 Å². The van der Waals surface area contributed by atoms with Gasteiger partial charge in [-0.1, -0.05) is 6.92 Å². The highest BCUT2D eigenvalue weighted by Gasteiger charge is 2.24. The molecule has 5 heteroatoms. The maximum Gasteiger partial charge on any atom is 0.0663 e. The fraction of sp³-hybridized carbons (Fsp3) is 0.727. The average Bonchev–Trinajstić information content (AvgIpc) is 2.55. The van der Waals surface area contributed by atoms with E-state index in [0.717, 1.165) is 30.5 Å². The van der Waals surface area contributed by atoms with Crippen molar-refractivity contribution in [3.63, 3.8) is 0 Å². The molecule has 0 amide bonds. The number of aromatic nitrogens is 2. The summed E-state index contributed by atoms with van der Waals surface area (Å²) in [5.74, 6) is 0.584. The second-order valence-electron chi connectivity index (χ2n) is 4.73. The van der Waals surface area contributed by atoms with Gasteiger partial charge in [0.1, 0.15) is 0 Å². The first-order chi connectivity index (χ1) is 7.58. The van der Waals surface area contributed by atoms with E-state index in [1.807, 2.05) is 17.9 Å². The van der Waals surface area contributed by atoms with Crippen LogP contribution in [0.2, 0.25) is 0 Å². The maximum absolute atomic E-state index is 6.02. The van der Waals surface area contributed by atoms with Crippen LogP contribution >= 0.6 is 15.9 Å². The lowest BCUT2D eigenvalue weighted by atomic mass is 9.95. The van der Waals surface area contributed by atoms with Crippen molar-refractivity contribution in [1.82, 2.24) is 14.7 Å². The molecule has 0 spiro atoms.